The first-order valence-electron chi connectivity index (χ1n) is 7.36. The van der Waals surface area contributed by atoms with E-state index in [1.165, 1.54) is 18.3 Å². The van der Waals surface area contributed by atoms with Crippen molar-refractivity contribution in [3.05, 3.63) is 34.4 Å². The van der Waals surface area contributed by atoms with E-state index in [2.05, 4.69) is 20.9 Å². The van der Waals surface area contributed by atoms with Gasteiger partial charge in [0.25, 0.3) is 0 Å². The van der Waals surface area contributed by atoms with Crippen molar-refractivity contribution < 1.29 is 36.5 Å². The molecule has 0 radical (unpaired) electrons. The van der Waals surface area contributed by atoms with Crippen LogP contribution in [0.5, 0.6) is 5.88 Å². The number of unbranched alkanes of at least 4 members (excludes halogenated alkanes) is 1. The molecule has 2 aromatic rings. The number of halogens is 6. The summed E-state index contributed by atoms with van der Waals surface area (Å²) >= 11 is 2.97. The molecule has 144 valence electrons. The van der Waals surface area contributed by atoms with Gasteiger partial charge in [0, 0.05) is 34.1 Å². The van der Waals surface area contributed by atoms with E-state index < -0.39 is 32.2 Å². The lowest BCUT2D eigenvalue weighted by molar-refractivity contribution is -0.135. The summed E-state index contributed by atoms with van der Waals surface area (Å²) < 4.78 is 69.2. The molecule has 2 N–H and O–H groups in total. The van der Waals surface area contributed by atoms with Crippen molar-refractivity contribution in [2.45, 2.75) is 31.1 Å². The highest BCUT2D eigenvalue weighted by atomic mass is 79.9. The van der Waals surface area contributed by atoms with Crippen molar-refractivity contribution >= 4 is 35.1 Å². The molecule has 0 saturated carbocycles. The quantitative estimate of drug-likeness (QED) is 0.326. The number of aromatic nitrogens is 1. The van der Waals surface area contributed by atoms with Crippen molar-refractivity contribution in [1.29, 1.82) is 0 Å². The number of nitrogens with zero attached hydrogens (tertiary/aromatic N) is 1. The van der Waals surface area contributed by atoms with Crippen LogP contribution in [0.3, 0.4) is 0 Å². The smallest absolute Gasteiger partial charge is 0.389 e. The molecule has 4 nitrogen and oxygen atoms in total. The molecule has 0 aliphatic carbocycles. The van der Waals surface area contributed by atoms with E-state index in [1.807, 2.05) is 0 Å². The van der Waals surface area contributed by atoms with Gasteiger partial charge in [0.1, 0.15) is 0 Å². The molecule has 2 rings (SSSR count). The predicted octanol–water partition coefficient (Wildman–Crippen LogP) is 5.45. The normalized spacial score (nSPS) is 12.8. The van der Waals surface area contributed by atoms with Gasteiger partial charge in [-0.25, -0.2) is 4.98 Å². The minimum absolute atomic E-state index is 0.00628. The zero-order chi connectivity index (χ0) is 19.5. The van der Waals surface area contributed by atoms with Crippen molar-refractivity contribution in [1.82, 2.24) is 4.98 Å². The molecule has 0 amide bonds. The van der Waals surface area contributed by atoms with Gasteiger partial charge in [-0.3, -0.25) is 0 Å². The van der Waals surface area contributed by atoms with Gasteiger partial charge in [-0.15, -0.1) is 0 Å². The van der Waals surface area contributed by atoms with E-state index in [9.17, 15) is 22.0 Å². The fourth-order valence-electron chi connectivity index (χ4n) is 2.17. The largest absolute Gasteiger partial charge is 0.478 e. The lowest BCUT2D eigenvalue weighted by atomic mass is 10.1. The van der Waals surface area contributed by atoms with Crippen LogP contribution in [0.1, 0.15) is 24.8 Å². The van der Waals surface area contributed by atoms with Crippen LogP contribution in [0.4, 0.5) is 22.0 Å². The van der Waals surface area contributed by atoms with Gasteiger partial charge < -0.3 is 14.5 Å². The number of ether oxygens (including phenoxy) is 1. The summed E-state index contributed by atoms with van der Waals surface area (Å²) in [4.78, 5) is 21.9. The number of hydrogen-bond acceptors (Lipinski definition) is 4. The third kappa shape index (κ3) is 5.45. The van der Waals surface area contributed by atoms with Gasteiger partial charge in [-0.05, 0) is 30.4 Å². The molecule has 0 aliphatic rings. The average Bonchev–Trinajstić information content (AvgIpc) is 2.52. The number of rotatable bonds is 7. The maximum absolute atomic E-state index is 13.9. The highest BCUT2D eigenvalue weighted by Crippen LogP contribution is 2.54. The van der Waals surface area contributed by atoms with Crippen LogP contribution in [0.25, 0.3) is 10.8 Å². The summed E-state index contributed by atoms with van der Waals surface area (Å²) in [5.41, 5.74) is -4.42. The molecule has 26 heavy (non-hydrogen) atoms. The molecule has 0 bridgehead atoms. The first-order valence-corrected chi connectivity index (χ1v) is 9.40. The Morgan fingerprint density at radius 1 is 1.04 bits per heavy atom. The summed E-state index contributed by atoms with van der Waals surface area (Å²) in [6.07, 6.45) is -3.67. The molecular formula is C15H14BrF5NO3P. The Bertz CT molecular complexity index is 773. The zero-order valence-corrected chi connectivity index (χ0v) is 15.6. The standard InChI is InChI=1S/C15H14BrF5NO3P/c16-12-6-10-8-22-13(25-4-2-1-3-14(17,18)19)7-9(10)5-11(12)15(20,21)26(23)24/h5-8,23-24H,1-4H2. The minimum Gasteiger partial charge on any atom is -0.478 e. The first-order chi connectivity index (χ1) is 12.0. The Morgan fingerprint density at radius 2 is 1.73 bits per heavy atom. The van der Waals surface area contributed by atoms with Gasteiger partial charge in [0.2, 0.25) is 14.3 Å². The first kappa shape index (κ1) is 21.2. The van der Waals surface area contributed by atoms with E-state index in [0.717, 1.165) is 6.07 Å². The lowest BCUT2D eigenvalue weighted by Crippen LogP contribution is -2.11. The van der Waals surface area contributed by atoms with Crippen molar-refractivity contribution in [3.8, 4) is 5.88 Å². The Balaban J connectivity index is 2.13. The van der Waals surface area contributed by atoms with Gasteiger partial charge in [0.15, 0.2) is 0 Å². The highest BCUT2D eigenvalue weighted by Gasteiger charge is 2.42. The van der Waals surface area contributed by atoms with Crippen LogP contribution in [0.15, 0.2) is 28.9 Å². The van der Waals surface area contributed by atoms with Gasteiger partial charge in [-0.2, -0.15) is 22.0 Å². The predicted molar refractivity (Wildman–Crippen MR) is 90.1 cm³/mol. The van der Waals surface area contributed by atoms with Gasteiger partial charge in [-0.1, -0.05) is 15.9 Å². The van der Waals surface area contributed by atoms with E-state index >= 15 is 0 Å². The molecule has 11 heteroatoms. The SMILES string of the molecule is OP(O)C(F)(F)c1cc2cc(OCCCCC(F)(F)F)ncc2cc1Br. The number of hydrogen-bond donors (Lipinski definition) is 2. The summed E-state index contributed by atoms with van der Waals surface area (Å²) in [7, 11) is -3.52. The summed E-state index contributed by atoms with van der Waals surface area (Å²) in [5, 5.41) is 0.820. The van der Waals surface area contributed by atoms with Crippen LogP contribution in [0, 0.1) is 0 Å². The van der Waals surface area contributed by atoms with Crippen LogP contribution in [-0.4, -0.2) is 27.6 Å². The monoisotopic (exact) mass is 461 g/mol. The van der Waals surface area contributed by atoms with Crippen LogP contribution in [0.2, 0.25) is 0 Å². The Labute approximate surface area is 155 Å². The molecule has 1 aromatic heterocycles. The van der Waals surface area contributed by atoms with E-state index in [0.29, 0.717) is 10.8 Å². The molecule has 1 heterocycles. The van der Waals surface area contributed by atoms with Crippen molar-refractivity contribution in [2.75, 3.05) is 6.61 Å². The molecule has 0 unspecified atom stereocenters. The Hall–Kier alpha value is -1.09. The third-order valence-corrected chi connectivity index (χ3v) is 4.86. The molecule has 1 aromatic carbocycles. The fraction of sp³-hybridized carbons (Fsp3) is 0.400. The topological polar surface area (TPSA) is 62.6 Å². The summed E-state index contributed by atoms with van der Waals surface area (Å²) in [5.74, 6) is 0.0800. The molecule has 0 saturated heterocycles. The van der Waals surface area contributed by atoms with Gasteiger partial charge >= 0.3 is 11.8 Å². The number of alkyl halides is 5. The van der Waals surface area contributed by atoms with E-state index in [4.69, 9.17) is 14.5 Å². The van der Waals surface area contributed by atoms with E-state index in [1.54, 1.807) is 0 Å². The van der Waals surface area contributed by atoms with E-state index in [-0.39, 0.29) is 29.8 Å². The number of fused-ring (bicyclic) bond motifs is 1. The Kier molecular flexibility index (Phi) is 6.76. The van der Waals surface area contributed by atoms with Crippen LogP contribution < -0.4 is 4.74 Å². The minimum atomic E-state index is -4.21. The average molecular weight is 462 g/mol. The molecule has 0 spiro atoms. The highest BCUT2D eigenvalue weighted by molar-refractivity contribution is 9.10. The van der Waals surface area contributed by atoms with Crippen molar-refractivity contribution in [3.63, 3.8) is 0 Å². The van der Waals surface area contributed by atoms with Crippen LogP contribution >= 0.6 is 24.3 Å². The lowest BCUT2D eigenvalue weighted by Gasteiger charge is -2.19. The van der Waals surface area contributed by atoms with Crippen molar-refractivity contribution in [2.24, 2.45) is 0 Å². The second-order valence-corrected chi connectivity index (χ2v) is 7.45. The maximum Gasteiger partial charge on any atom is 0.389 e. The molecule has 0 fully saturated rings. The number of pyridine rings is 1. The second-order valence-electron chi connectivity index (χ2n) is 5.45. The zero-order valence-electron chi connectivity index (χ0n) is 13.1. The van der Waals surface area contributed by atoms with Gasteiger partial charge in [0.05, 0.1) is 6.61 Å². The molecule has 0 atom stereocenters. The fourth-order valence-corrected chi connectivity index (χ4v) is 3.33. The summed E-state index contributed by atoms with van der Waals surface area (Å²) in [6, 6.07) is 3.80. The molecule has 0 aliphatic heterocycles. The maximum atomic E-state index is 13.9. The van der Waals surface area contributed by atoms with Crippen LogP contribution in [-0.2, 0) is 5.66 Å². The summed E-state index contributed by atoms with van der Waals surface area (Å²) in [6.45, 7) is 0.00666. The molecular weight excluding hydrogens is 448 g/mol. The third-order valence-electron chi connectivity index (χ3n) is 3.46. The Morgan fingerprint density at radius 3 is 2.35 bits per heavy atom. The second kappa shape index (κ2) is 8.29. The number of benzene rings is 1.